The first-order chi connectivity index (χ1) is 8.95. The van der Waals surface area contributed by atoms with Crippen LogP contribution in [0, 0.1) is 5.92 Å². The summed E-state index contributed by atoms with van der Waals surface area (Å²) in [6, 6.07) is 5.63. The zero-order valence-corrected chi connectivity index (χ0v) is 11.3. The Morgan fingerprint density at radius 3 is 2.16 bits per heavy atom. The lowest BCUT2D eigenvalue weighted by molar-refractivity contribution is 0.0175. The molecule has 0 spiro atoms. The predicted octanol–water partition coefficient (Wildman–Crippen LogP) is 2.21. The molecule has 0 bridgehead atoms. The van der Waals surface area contributed by atoms with Crippen LogP contribution in [0.2, 0.25) is 0 Å². The molecule has 2 atom stereocenters. The number of esters is 1. The fourth-order valence-corrected chi connectivity index (χ4v) is 1.41. The van der Waals surface area contributed by atoms with Gasteiger partial charge in [0.1, 0.15) is 0 Å². The second kappa shape index (κ2) is 6.89. The molecule has 104 valence electrons. The van der Waals surface area contributed by atoms with E-state index in [-0.39, 0.29) is 24.2 Å². The molecule has 0 aromatic heterocycles. The second-order valence-corrected chi connectivity index (χ2v) is 4.40. The molecule has 1 rings (SSSR count). The zero-order chi connectivity index (χ0) is 14.4. The van der Waals surface area contributed by atoms with E-state index < -0.39 is 11.9 Å². The molecular formula is C14H18O5. The number of rotatable bonds is 6. The van der Waals surface area contributed by atoms with Crippen molar-refractivity contribution in [3.8, 4) is 0 Å². The minimum Gasteiger partial charge on any atom is -0.478 e. The summed E-state index contributed by atoms with van der Waals surface area (Å²) in [6.07, 6.45) is 0.00202. The van der Waals surface area contributed by atoms with E-state index in [2.05, 4.69) is 0 Å². The van der Waals surface area contributed by atoms with E-state index >= 15 is 0 Å². The highest BCUT2D eigenvalue weighted by atomic mass is 16.5. The number of methoxy groups -OCH3 is 1. The van der Waals surface area contributed by atoms with Gasteiger partial charge in [0.15, 0.2) is 0 Å². The Hall–Kier alpha value is -1.88. The van der Waals surface area contributed by atoms with Crippen LogP contribution in [0.3, 0.4) is 0 Å². The van der Waals surface area contributed by atoms with E-state index in [0.717, 1.165) is 0 Å². The standard InChI is InChI=1S/C14H18O5/c1-9(10(2)18-3)8-19-14(17)12-6-4-11(5-7-12)13(15)16/h4-7,9-10H,8H2,1-3H3,(H,15,16)/t9-,10-/m0/s1. The third kappa shape index (κ3) is 4.37. The van der Waals surface area contributed by atoms with Gasteiger partial charge in [-0.3, -0.25) is 0 Å². The molecule has 0 aliphatic heterocycles. The quantitative estimate of drug-likeness (QED) is 0.799. The van der Waals surface area contributed by atoms with E-state index in [4.69, 9.17) is 14.6 Å². The molecule has 0 radical (unpaired) electrons. The first kappa shape index (κ1) is 15.2. The predicted molar refractivity (Wildman–Crippen MR) is 69.3 cm³/mol. The molecule has 0 aliphatic carbocycles. The maximum Gasteiger partial charge on any atom is 0.338 e. The number of hydrogen-bond acceptors (Lipinski definition) is 4. The summed E-state index contributed by atoms with van der Waals surface area (Å²) in [5.74, 6) is -1.40. The molecule has 5 heteroatoms. The van der Waals surface area contributed by atoms with Gasteiger partial charge < -0.3 is 14.6 Å². The summed E-state index contributed by atoms with van der Waals surface area (Å²) in [5, 5.41) is 8.75. The number of carbonyl (C=O) groups excluding carboxylic acids is 1. The highest BCUT2D eigenvalue weighted by Crippen LogP contribution is 2.10. The first-order valence-corrected chi connectivity index (χ1v) is 5.99. The Labute approximate surface area is 112 Å². The summed E-state index contributed by atoms with van der Waals surface area (Å²) in [6.45, 7) is 4.09. The van der Waals surface area contributed by atoms with Crippen LogP contribution in [0.15, 0.2) is 24.3 Å². The highest BCUT2D eigenvalue weighted by molar-refractivity contribution is 5.92. The van der Waals surface area contributed by atoms with Crippen molar-refractivity contribution in [3.63, 3.8) is 0 Å². The van der Waals surface area contributed by atoms with E-state index in [9.17, 15) is 9.59 Å². The summed E-state index contributed by atoms with van der Waals surface area (Å²) in [4.78, 5) is 22.4. The number of hydrogen-bond donors (Lipinski definition) is 1. The van der Waals surface area contributed by atoms with E-state index in [1.807, 2.05) is 13.8 Å². The van der Waals surface area contributed by atoms with E-state index in [0.29, 0.717) is 5.56 Å². The number of aromatic carboxylic acids is 1. The highest BCUT2D eigenvalue weighted by Gasteiger charge is 2.15. The number of carboxylic acids is 1. The van der Waals surface area contributed by atoms with Gasteiger partial charge in [-0.2, -0.15) is 0 Å². The second-order valence-electron chi connectivity index (χ2n) is 4.40. The number of carbonyl (C=O) groups is 2. The maximum atomic E-state index is 11.7. The van der Waals surface area contributed by atoms with Gasteiger partial charge in [0.05, 0.1) is 23.8 Å². The van der Waals surface area contributed by atoms with Crippen LogP contribution in [0.25, 0.3) is 0 Å². The summed E-state index contributed by atoms with van der Waals surface area (Å²) < 4.78 is 10.3. The van der Waals surface area contributed by atoms with Crippen LogP contribution < -0.4 is 0 Å². The molecule has 0 amide bonds. The molecule has 19 heavy (non-hydrogen) atoms. The van der Waals surface area contributed by atoms with Crippen LogP contribution in [-0.4, -0.2) is 36.9 Å². The molecule has 0 saturated carbocycles. The maximum absolute atomic E-state index is 11.7. The van der Waals surface area contributed by atoms with Crippen molar-refractivity contribution in [1.29, 1.82) is 0 Å². The van der Waals surface area contributed by atoms with Crippen molar-refractivity contribution in [2.24, 2.45) is 5.92 Å². The Morgan fingerprint density at radius 1 is 1.16 bits per heavy atom. The molecule has 1 aromatic rings. The third-order valence-electron chi connectivity index (χ3n) is 3.02. The normalized spacial score (nSPS) is 13.6. The number of ether oxygens (including phenoxy) is 2. The largest absolute Gasteiger partial charge is 0.478 e. The van der Waals surface area contributed by atoms with Crippen LogP contribution in [-0.2, 0) is 9.47 Å². The van der Waals surface area contributed by atoms with Crippen LogP contribution >= 0.6 is 0 Å². The third-order valence-corrected chi connectivity index (χ3v) is 3.02. The Balaban J connectivity index is 2.56. The minimum atomic E-state index is -1.03. The van der Waals surface area contributed by atoms with Gasteiger partial charge in [0.2, 0.25) is 0 Å². The van der Waals surface area contributed by atoms with Gasteiger partial charge in [-0.1, -0.05) is 6.92 Å². The van der Waals surface area contributed by atoms with Gasteiger partial charge in [0.25, 0.3) is 0 Å². The number of benzene rings is 1. The monoisotopic (exact) mass is 266 g/mol. The molecule has 0 heterocycles. The molecular weight excluding hydrogens is 248 g/mol. The lowest BCUT2D eigenvalue weighted by Gasteiger charge is -2.18. The van der Waals surface area contributed by atoms with Crippen LogP contribution in [0.1, 0.15) is 34.6 Å². The molecule has 5 nitrogen and oxygen atoms in total. The summed E-state index contributed by atoms with van der Waals surface area (Å²) in [7, 11) is 1.60. The average molecular weight is 266 g/mol. The molecule has 1 N–H and O–H groups in total. The Morgan fingerprint density at radius 2 is 1.68 bits per heavy atom. The van der Waals surface area contributed by atoms with Gasteiger partial charge in [0, 0.05) is 13.0 Å². The zero-order valence-electron chi connectivity index (χ0n) is 11.3. The average Bonchev–Trinajstić information content (AvgIpc) is 2.43. The topological polar surface area (TPSA) is 72.8 Å². The van der Waals surface area contributed by atoms with Gasteiger partial charge in [-0.15, -0.1) is 0 Å². The van der Waals surface area contributed by atoms with Crippen molar-refractivity contribution in [1.82, 2.24) is 0 Å². The summed E-state index contributed by atoms with van der Waals surface area (Å²) >= 11 is 0. The molecule has 0 fully saturated rings. The molecule has 1 aromatic carbocycles. The fraction of sp³-hybridized carbons (Fsp3) is 0.429. The van der Waals surface area contributed by atoms with Gasteiger partial charge in [-0.25, -0.2) is 9.59 Å². The first-order valence-electron chi connectivity index (χ1n) is 5.99. The van der Waals surface area contributed by atoms with Crippen LogP contribution in [0.5, 0.6) is 0 Å². The minimum absolute atomic E-state index is 0.00202. The van der Waals surface area contributed by atoms with Gasteiger partial charge >= 0.3 is 11.9 Å². The van der Waals surface area contributed by atoms with Crippen molar-refractivity contribution < 1.29 is 24.2 Å². The molecule has 0 unspecified atom stereocenters. The Kier molecular flexibility index (Phi) is 5.51. The smallest absolute Gasteiger partial charge is 0.338 e. The van der Waals surface area contributed by atoms with Crippen molar-refractivity contribution in [2.45, 2.75) is 20.0 Å². The van der Waals surface area contributed by atoms with E-state index in [1.165, 1.54) is 24.3 Å². The van der Waals surface area contributed by atoms with Crippen molar-refractivity contribution in [3.05, 3.63) is 35.4 Å². The molecule has 0 saturated heterocycles. The number of carboxylic acid groups (broad SMARTS) is 1. The van der Waals surface area contributed by atoms with Crippen molar-refractivity contribution in [2.75, 3.05) is 13.7 Å². The Bertz CT molecular complexity index is 438. The SMILES string of the molecule is CO[C@@H](C)[C@@H](C)COC(=O)c1ccc(C(=O)O)cc1. The van der Waals surface area contributed by atoms with Gasteiger partial charge in [-0.05, 0) is 31.2 Å². The van der Waals surface area contributed by atoms with Crippen LogP contribution in [0.4, 0.5) is 0 Å². The van der Waals surface area contributed by atoms with Crippen molar-refractivity contribution >= 4 is 11.9 Å². The summed E-state index contributed by atoms with van der Waals surface area (Å²) in [5.41, 5.74) is 0.472. The fourth-order valence-electron chi connectivity index (χ4n) is 1.41. The molecule has 0 aliphatic rings. The lowest BCUT2D eigenvalue weighted by atomic mass is 10.1. The lowest BCUT2D eigenvalue weighted by Crippen LogP contribution is -2.23. The van der Waals surface area contributed by atoms with E-state index in [1.54, 1.807) is 7.11 Å².